The van der Waals surface area contributed by atoms with E-state index in [-0.39, 0.29) is 0 Å². The van der Waals surface area contributed by atoms with E-state index in [9.17, 15) is 0 Å². The first-order chi connectivity index (χ1) is 10.4. The lowest BCUT2D eigenvalue weighted by Gasteiger charge is -2.23. The molecule has 6 heteroatoms. The quantitative estimate of drug-likeness (QED) is 0.809. The number of nitrogens with two attached hydrogens (primary N) is 1. The summed E-state index contributed by atoms with van der Waals surface area (Å²) in [5, 5.41) is 3.22. The molecule has 2 rings (SSSR count). The van der Waals surface area contributed by atoms with Gasteiger partial charge < -0.3 is 20.9 Å². The average molecular weight is 304 g/mol. The number of aliphatic imine (C=N–C) groups is 2. The Hall–Kier alpha value is -1.82. The van der Waals surface area contributed by atoms with Gasteiger partial charge in [-0.2, -0.15) is 0 Å². The van der Waals surface area contributed by atoms with Crippen LogP contribution in [0.5, 0.6) is 0 Å². The molecule has 0 amide bonds. The second-order valence-corrected chi connectivity index (χ2v) is 6.18. The number of allylic oxidation sites excluding steroid dienone is 2. The monoisotopic (exact) mass is 304 g/mol. The van der Waals surface area contributed by atoms with Crippen molar-refractivity contribution in [1.82, 2.24) is 15.1 Å². The number of hydrogen-bond donors (Lipinski definition) is 2. The van der Waals surface area contributed by atoms with Crippen LogP contribution >= 0.6 is 0 Å². The third-order valence-corrected chi connectivity index (χ3v) is 4.44. The summed E-state index contributed by atoms with van der Waals surface area (Å²) in [7, 11) is 6.17. The van der Waals surface area contributed by atoms with Crippen molar-refractivity contribution in [3.8, 4) is 0 Å². The Morgan fingerprint density at radius 3 is 2.59 bits per heavy atom. The molecule has 1 saturated heterocycles. The van der Waals surface area contributed by atoms with Crippen LogP contribution in [0.2, 0.25) is 0 Å². The molecular weight excluding hydrogens is 276 g/mol. The Kier molecular flexibility index (Phi) is 5.24. The highest BCUT2D eigenvalue weighted by molar-refractivity contribution is 5.97. The van der Waals surface area contributed by atoms with Crippen molar-refractivity contribution in [3.05, 3.63) is 22.5 Å². The van der Waals surface area contributed by atoms with Crippen LogP contribution < -0.4 is 11.1 Å². The molecule has 0 aromatic rings. The molecule has 0 aromatic carbocycles. The average Bonchev–Trinajstić information content (AvgIpc) is 2.98. The van der Waals surface area contributed by atoms with Gasteiger partial charge >= 0.3 is 0 Å². The number of nitrogens with zero attached hydrogens (tertiary/aromatic N) is 4. The predicted octanol–water partition coefficient (Wildman–Crippen LogP) is 0.789. The number of hydrogen-bond acceptors (Lipinski definition) is 6. The fraction of sp³-hybridized carbons (Fsp3) is 0.625. The van der Waals surface area contributed by atoms with Crippen LogP contribution in [0.15, 0.2) is 32.5 Å². The molecule has 122 valence electrons. The first-order valence-electron chi connectivity index (χ1n) is 7.78. The smallest absolute Gasteiger partial charge is 0.220 e. The van der Waals surface area contributed by atoms with Gasteiger partial charge in [0, 0.05) is 49.4 Å². The molecule has 1 fully saturated rings. The highest BCUT2D eigenvalue weighted by atomic mass is 15.3. The van der Waals surface area contributed by atoms with Crippen LogP contribution in [-0.4, -0.2) is 68.8 Å². The Bertz CT molecular complexity index is 537. The first-order valence-corrected chi connectivity index (χ1v) is 7.78. The van der Waals surface area contributed by atoms with Crippen molar-refractivity contribution in [2.75, 3.05) is 40.8 Å². The Labute approximate surface area is 133 Å². The summed E-state index contributed by atoms with van der Waals surface area (Å²) in [6.45, 7) is 6.60. The molecule has 0 saturated carbocycles. The number of likely N-dealkylation sites (N-methyl/N-ethyl adjacent to an activating group) is 2. The number of nitrogens with one attached hydrogen (secondary N) is 1. The zero-order chi connectivity index (χ0) is 16.3. The predicted molar refractivity (Wildman–Crippen MR) is 93.1 cm³/mol. The summed E-state index contributed by atoms with van der Waals surface area (Å²) >= 11 is 0. The van der Waals surface area contributed by atoms with Gasteiger partial charge in [0.2, 0.25) is 5.96 Å². The zero-order valence-electron chi connectivity index (χ0n) is 14.3. The van der Waals surface area contributed by atoms with Gasteiger partial charge in [-0.05, 0) is 39.9 Å². The summed E-state index contributed by atoms with van der Waals surface area (Å²) in [6, 6.07) is 0.591. The maximum absolute atomic E-state index is 5.90. The SMILES string of the molecule is CNC(=C1C=NC(N2CC[C@@H](N(C)C)C2)=NC1)/C(C)=C(\C)N. The maximum atomic E-state index is 5.90. The van der Waals surface area contributed by atoms with Crippen LogP contribution in [0.1, 0.15) is 20.3 Å². The fourth-order valence-electron chi connectivity index (χ4n) is 2.83. The molecule has 3 N–H and O–H groups in total. The van der Waals surface area contributed by atoms with Crippen LogP contribution in [-0.2, 0) is 0 Å². The fourth-order valence-corrected chi connectivity index (χ4v) is 2.83. The lowest BCUT2D eigenvalue weighted by atomic mass is 10.1. The number of rotatable bonds is 3. The van der Waals surface area contributed by atoms with Gasteiger partial charge in [0.05, 0.1) is 6.54 Å². The van der Waals surface area contributed by atoms with Gasteiger partial charge in [0.1, 0.15) is 0 Å². The molecule has 22 heavy (non-hydrogen) atoms. The number of likely N-dealkylation sites (tertiary alicyclic amines) is 1. The van der Waals surface area contributed by atoms with E-state index in [4.69, 9.17) is 5.73 Å². The van der Waals surface area contributed by atoms with Crippen LogP contribution in [0.25, 0.3) is 0 Å². The third-order valence-electron chi connectivity index (χ3n) is 4.44. The highest BCUT2D eigenvalue weighted by Gasteiger charge is 2.27. The topological polar surface area (TPSA) is 69.2 Å². The Morgan fingerprint density at radius 2 is 2.14 bits per heavy atom. The van der Waals surface area contributed by atoms with E-state index in [1.54, 1.807) is 0 Å². The molecule has 0 bridgehead atoms. The van der Waals surface area contributed by atoms with Crippen molar-refractivity contribution >= 4 is 12.2 Å². The maximum Gasteiger partial charge on any atom is 0.220 e. The normalized spacial score (nSPS) is 25.3. The van der Waals surface area contributed by atoms with E-state index < -0.39 is 0 Å². The summed E-state index contributed by atoms with van der Waals surface area (Å²) in [5.74, 6) is 0.856. The van der Waals surface area contributed by atoms with Gasteiger partial charge in [-0.25, -0.2) is 9.98 Å². The van der Waals surface area contributed by atoms with Gasteiger partial charge in [0.15, 0.2) is 0 Å². The molecule has 2 heterocycles. The van der Waals surface area contributed by atoms with E-state index in [1.165, 1.54) is 6.42 Å². The molecule has 0 aliphatic carbocycles. The summed E-state index contributed by atoms with van der Waals surface area (Å²) in [5.41, 5.74) is 9.87. The Balaban J connectivity index is 2.11. The van der Waals surface area contributed by atoms with E-state index in [0.717, 1.165) is 41.6 Å². The lowest BCUT2D eigenvalue weighted by Crippen LogP contribution is -2.35. The van der Waals surface area contributed by atoms with Crippen molar-refractivity contribution in [2.24, 2.45) is 15.7 Å². The van der Waals surface area contributed by atoms with Gasteiger partial charge in [0.25, 0.3) is 0 Å². The van der Waals surface area contributed by atoms with E-state index in [0.29, 0.717) is 12.6 Å². The van der Waals surface area contributed by atoms with Crippen LogP contribution in [0.4, 0.5) is 0 Å². The first kappa shape index (κ1) is 16.5. The molecule has 0 aromatic heterocycles. The molecule has 0 radical (unpaired) electrons. The van der Waals surface area contributed by atoms with Crippen LogP contribution in [0, 0.1) is 0 Å². The highest BCUT2D eigenvalue weighted by Crippen LogP contribution is 2.18. The minimum atomic E-state index is 0.591. The second kappa shape index (κ2) is 6.96. The lowest BCUT2D eigenvalue weighted by molar-refractivity contribution is 0.300. The summed E-state index contributed by atoms with van der Waals surface area (Å²) in [6.07, 6.45) is 3.09. The summed E-state index contributed by atoms with van der Waals surface area (Å²) < 4.78 is 0. The molecule has 1 atom stereocenters. The third kappa shape index (κ3) is 3.50. The minimum Gasteiger partial charge on any atom is -0.402 e. The van der Waals surface area contributed by atoms with Crippen molar-refractivity contribution in [1.29, 1.82) is 0 Å². The Morgan fingerprint density at radius 1 is 1.41 bits per heavy atom. The molecule has 0 unspecified atom stereocenters. The van der Waals surface area contributed by atoms with Gasteiger partial charge in [-0.1, -0.05) is 0 Å². The van der Waals surface area contributed by atoms with Gasteiger partial charge in [-0.3, -0.25) is 0 Å². The van der Waals surface area contributed by atoms with Crippen molar-refractivity contribution in [3.63, 3.8) is 0 Å². The minimum absolute atomic E-state index is 0.591. The van der Waals surface area contributed by atoms with E-state index in [2.05, 4.69) is 39.2 Å². The molecular formula is C16H28N6. The number of guanidine groups is 1. The zero-order valence-corrected chi connectivity index (χ0v) is 14.3. The van der Waals surface area contributed by atoms with E-state index in [1.807, 2.05) is 27.1 Å². The standard InChI is InChI=1S/C16H28N6/c1-11(12(2)17)15(18-3)13-8-19-16(20-9-13)22-7-6-14(10-22)21(4)5/h8,14,18H,6-7,9-10,17H2,1-5H3/b12-11+,15-13?/t14-/m1/s1. The summed E-state index contributed by atoms with van der Waals surface area (Å²) in [4.78, 5) is 13.8. The second-order valence-electron chi connectivity index (χ2n) is 6.18. The molecule has 0 spiro atoms. The largest absolute Gasteiger partial charge is 0.402 e. The molecule has 2 aliphatic heterocycles. The van der Waals surface area contributed by atoms with Crippen molar-refractivity contribution < 1.29 is 0 Å². The molecule has 2 aliphatic rings. The van der Waals surface area contributed by atoms with Crippen molar-refractivity contribution in [2.45, 2.75) is 26.3 Å². The van der Waals surface area contributed by atoms with E-state index >= 15 is 0 Å². The van der Waals surface area contributed by atoms with Gasteiger partial charge in [-0.15, -0.1) is 0 Å². The van der Waals surface area contributed by atoms with Crippen LogP contribution in [0.3, 0.4) is 0 Å². The molecule has 6 nitrogen and oxygen atoms in total.